The van der Waals surface area contributed by atoms with Crippen LogP contribution < -0.4 is 10.1 Å². The molecular weight excluding hydrogens is 280 g/mol. The Bertz CT molecular complexity index is 505. The molecule has 8 nitrogen and oxygen atoms in total. The number of nitro groups is 1. The Balaban J connectivity index is 2.95. The van der Waals surface area contributed by atoms with Crippen molar-refractivity contribution in [2.24, 2.45) is 0 Å². The first kappa shape index (κ1) is 16.7. The Morgan fingerprint density at radius 2 is 2.19 bits per heavy atom. The van der Waals surface area contributed by atoms with Crippen LogP contribution in [0, 0.1) is 10.1 Å². The predicted octanol–water partition coefficient (Wildman–Crippen LogP) is 1.90. The third kappa shape index (κ3) is 4.92. The first-order valence-corrected chi connectivity index (χ1v) is 6.30. The summed E-state index contributed by atoms with van der Waals surface area (Å²) in [5.41, 5.74) is -0.0852. The van der Waals surface area contributed by atoms with E-state index in [2.05, 4.69) is 5.32 Å². The van der Waals surface area contributed by atoms with Crippen LogP contribution in [0.15, 0.2) is 18.2 Å². The number of anilines is 1. The molecule has 1 aromatic rings. The zero-order chi connectivity index (χ0) is 15.8. The number of rotatable bonds is 9. The molecule has 0 saturated carbocycles. The Hall–Kier alpha value is -2.35. The smallest absolute Gasteiger partial charge is 0.326 e. The molecule has 1 rings (SSSR count). The standard InChI is InChI=1S/C13H18N2O6/c1-20-7-3-4-10(13(16)17)14-11-8-9(21-2)5-6-12(11)15(18)19/h5-6,8,10,14H,3-4,7H2,1-2H3,(H,16,17). The molecule has 0 heterocycles. The van der Waals surface area contributed by atoms with E-state index in [4.69, 9.17) is 9.47 Å². The number of carboxylic acid groups (broad SMARTS) is 1. The van der Waals surface area contributed by atoms with Crippen LogP contribution in [0.25, 0.3) is 0 Å². The van der Waals surface area contributed by atoms with Gasteiger partial charge in [-0.1, -0.05) is 0 Å². The average Bonchev–Trinajstić information content (AvgIpc) is 2.45. The number of aliphatic carboxylic acids is 1. The van der Waals surface area contributed by atoms with Crippen molar-refractivity contribution in [1.29, 1.82) is 0 Å². The van der Waals surface area contributed by atoms with Gasteiger partial charge in [-0.25, -0.2) is 4.79 Å². The number of nitrogens with one attached hydrogen (secondary N) is 1. The van der Waals surface area contributed by atoms with E-state index in [-0.39, 0.29) is 17.8 Å². The van der Waals surface area contributed by atoms with E-state index in [0.717, 1.165) is 0 Å². The maximum atomic E-state index is 11.2. The number of ether oxygens (including phenoxy) is 2. The molecule has 8 heteroatoms. The van der Waals surface area contributed by atoms with Gasteiger partial charge < -0.3 is 19.9 Å². The highest BCUT2D eigenvalue weighted by Crippen LogP contribution is 2.29. The molecule has 0 aliphatic rings. The predicted molar refractivity (Wildman–Crippen MR) is 75.8 cm³/mol. The van der Waals surface area contributed by atoms with E-state index in [9.17, 15) is 20.0 Å². The van der Waals surface area contributed by atoms with Gasteiger partial charge in [0.25, 0.3) is 5.69 Å². The minimum Gasteiger partial charge on any atom is -0.497 e. The van der Waals surface area contributed by atoms with E-state index in [1.54, 1.807) is 0 Å². The molecule has 0 spiro atoms. The fraction of sp³-hybridized carbons (Fsp3) is 0.462. The number of methoxy groups -OCH3 is 2. The highest BCUT2D eigenvalue weighted by molar-refractivity contribution is 5.79. The third-order valence-corrected chi connectivity index (χ3v) is 2.87. The second kappa shape index (κ2) is 8.05. The summed E-state index contributed by atoms with van der Waals surface area (Å²) in [7, 11) is 2.95. The third-order valence-electron chi connectivity index (χ3n) is 2.87. The summed E-state index contributed by atoms with van der Waals surface area (Å²) in [6.07, 6.45) is 0.815. The quantitative estimate of drug-likeness (QED) is 0.407. The number of nitro benzene ring substituents is 1. The molecular formula is C13H18N2O6. The number of benzene rings is 1. The van der Waals surface area contributed by atoms with Crippen LogP contribution in [0.4, 0.5) is 11.4 Å². The van der Waals surface area contributed by atoms with E-state index in [0.29, 0.717) is 18.8 Å². The van der Waals surface area contributed by atoms with Gasteiger partial charge in [0.05, 0.1) is 12.0 Å². The molecule has 2 N–H and O–H groups in total. The summed E-state index contributed by atoms with van der Waals surface area (Å²) < 4.78 is 9.87. The lowest BCUT2D eigenvalue weighted by Gasteiger charge is -2.16. The van der Waals surface area contributed by atoms with Gasteiger partial charge in [0.1, 0.15) is 17.5 Å². The Morgan fingerprint density at radius 1 is 1.48 bits per heavy atom. The summed E-state index contributed by atoms with van der Waals surface area (Å²) in [5.74, 6) is -0.674. The summed E-state index contributed by atoms with van der Waals surface area (Å²) in [6.45, 7) is 0.422. The topological polar surface area (TPSA) is 111 Å². The number of carboxylic acids is 1. The average molecular weight is 298 g/mol. The largest absolute Gasteiger partial charge is 0.497 e. The Labute approximate surface area is 121 Å². The van der Waals surface area contributed by atoms with Gasteiger partial charge in [0, 0.05) is 25.8 Å². The van der Waals surface area contributed by atoms with E-state index in [1.807, 2.05) is 0 Å². The van der Waals surface area contributed by atoms with Crippen molar-refractivity contribution in [2.45, 2.75) is 18.9 Å². The zero-order valence-corrected chi connectivity index (χ0v) is 11.9. The monoisotopic (exact) mass is 298 g/mol. The van der Waals surface area contributed by atoms with E-state index in [1.165, 1.54) is 32.4 Å². The molecule has 0 amide bonds. The SMILES string of the molecule is COCCCC(Nc1cc(OC)ccc1[N+](=O)[O-])C(=O)O. The fourth-order valence-corrected chi connectivity index (χ4v) is 1.79. The molecule has 0 aromatic heterocycles. The van der Waals surface area contributed by atoms with Crippen molar-refractivity contribution in [3.8, 4) is 5.75 Å². The molecule has 1 aromatic carbocycles. The molecule has 0 aliphatic heterocycles. The van der Waals surface area contributed by atoms with Gasteiger partial charge in [-0.2, -0.15) is 0 Å². The van der Waals surface area contributed by atoms with Crippen LogP contribution in [0.3, 0.4) is 0 Å². The molecule has 0 fully saturated rings. The molecule has 0 bridgehead atoms. The minimum absolute atomic E-state index is 0.115. The first-order valence-electron chi connectivity index (χ1n) is 6.30. The fourth-order valence-electron chi connectivity index (χ4n) is 1.79. The Kier molecular flexibility index (Phi) is 6.41. The summed E-state index contributed by atoms with van der Waals surface area (Å²) in [5, 5.41) is 22.9. The van der Waals surface area contributed by atoms with Crippen LogP contribution in [-0.4, -0.2) is 42.9 Å². The minimum atomic E-state index is -1.08. The van der Waals surface area contributed by atoms with E-state index >= 15 is 0 Å². The number of hydrogen-bond donors (Lipinski definition) is 2. The summed E-state index contributed by atoms with van der Waals surface area (Å²) in [4.78, 5) is 21.6. The van der Waals surface area contributed by atoms with Gasteiger partial charge in [-0.05, 0) is 18.9 Å². The number of hydrogen-bond acceptors (Lipinski definition) is 6. The summed E-state index contributed by atoms with van der Waals surface area (Å²) >= 11 is 0. The summed E-state index contributed by atoms with van der Waals surface area (Å²) in [6, 6.07) is 3.19. The van der Waals surface area contributed by atoms with Crippen molar-refractivity contribution in [1.82, 2.24) is 0 Å². The molecule has 0 saturated heterocycles. The van der Waals surface area contributed by atoms with Gasteiger partial charge in [0.15, 0.2) is 0 Å². The van der Waals surface area contributed by atoms with Crippen LogP contribution >= 0.6 is 0 Å². The lowest BCUT2D eigenvalue weighted by Crippen LogP contribution is -2.29. The molecule has 116 valence electrons. The molecule has 1 atom stereocenters. The van der Waals surface area contributed by atoms with Crippen molar-refractivity contribution in [3.05, 3.63) is 28.3 Å². The zero-order valence-electron chi connectivity index (χ0n) is 11.9. The molecule has 21 heavy (non-hydrogen) atoms. The molecule has 1 unspecified atom stereocenters. The maximum absolute atomic E-state index is 11.2. The van der Waals surface area contributed by atoms with Gasteiger partial charge >= 0.3 is 5.97 Å². The molecule has 0 aliphatic carbocycles. The molecule has 0 radical (unpaired) electrons. The van der Waals surface area contributed by atoms with Gasteiger partial charge in [-0.3, -0.25) is 10.1 Å². The maximum Gasteiger partial charge on any atom is 0.326 e. The van der Waals surface area contributed by atoms with Gasteiger partial charge in [0.2, 0.25) is 0 Å². The van der Waals surface area contributed by atoms with E-state index < -0.39 is 16.9 Å². The van der Waals surface area contributed by atoms with Crippen LogP contribution in [0.1, 0.15) is 12.8 Å². The van der Waals surface area contributed by atoms with Gasteiger partial charge in [-0.15, -0.1) is 0 Å². The van der Waals surface area contributed by atoms with Crippen molar-refractivity contribution < 1.29 is 24.3 Å². The van der Waals surface area contributed by atoms with Crippen LogP contribution in [0.5, 0.6) is 5.75 Å². The highest BCUT2D eigenvalue weighted by atomic mass is 16.6. The van der Waals surface area contributed by atoms with Crippen molar-refractivity contribution in [2.75, 3.05) is 26.1 Å². The Morgan fingerprint density at radius 3 is 2.71 bits per heavy atom. The second-order valence-electron chi connectivity index (χ2n) is 4.31. The van der Waals surface area contributed by atoms with Crippen molar-refractivity contribution >= 4 is 17.3 Å². The second-order valence-corrected chi connectivity index (χ2v) is 4.31. The number of nitrogens with zero attached hydrogens (tertiary/aromatic N) is 1. The lowest BCUT2D eigenvalue weighted by molar-refractivity contribution is -0.384. The van der Waals surface area contributed by atoms with Crippen molar-refractivity contribution in [3.63, 3.8) is 0 Å². The normalized spacial score (nSPS) is 11.7. The van der Waals surface area contributed by atoms with Crippen LogP contribution in [0.2, 0.25) is 0 Å². The highest BCUT2D eigenvalue weighted by Gasteiger charge is 2.22. The first-order chi connectivity index (χ1) is 9.99. The van der Waals surface area contributed by atoms with Crippen LogP contribution in [-0.2, 0) is 9.53 Å². The number of carbonyl (C=O) groups is 1. The lowest BCUT2D eigenvalue weighted by atomic mass is 10.1.